The van der Waals surface area contributed by atoms with E-state index >= 15 is 0 Å². The zero-order valence-electron chi connectivity index (χ0n) is 12.4. The van der Waals surface area contributed by atoms with Gasteiger partial charge in [-0.1, -0.05) is 18.2 Å². The maximum Gasteiger partial charge on any atom is 0.239 e. The smallest absolute Gasteiger partial charge is 0.239 e. The van der Waals surface area contributed by atoms with Gasteiger partial charge in [0, 0.05) is 10.7 Å². The fraction of sp³-hybridized carbons (Fsp3) is 0.200. The number of aromatic nitrogens is 1. The van der Waals surface area contributed by atoms with E-state index < -0.39 is 15.9 Å². The van der Waals surface area contributed by atoms with E-state index in [1.54, 1.807) is 42.6 Å². The van der Waals surface area contributed by atoms with Crippen LogP contribution in [0.5, 0.6) is 0 Å². The monoisotopic (exact) mass is 397 g/mol. The topological polar surface area (TPSA) is 79.4 Å². The van der Waals surface area contributed by atoms with Crippen molar-refractivity contribution in [2.24, 2.45) is 0 Å². The number of para-hydroxylation sites is 1. The highest BCUT2D eigenvalue weighted by Gasteiger charge is 2.21. The lowest BCUT2D eigenvalue weighted by Gasteiger charge is -2.19. The predicted molar refractivity (Wildman–Crippen MR) is 92.3 cm³/mol. The highest BCUT2D eigenvalue weighted by Crippen LogP contribution is 2.21. The molecule has 0 aliphatic carbocycles. The molecule has 6 nitrogen and oxygen atoms in total. The van der Waals surface area contributed by atoms with E-state index in [0.29, 0.717) is 11.4 Å². The Balaban J connectivity index is 2.09. The Hall–Kier alpha value is -1.77. The first-order valence-corrected chi connectivity index (χ1v) is 9.40. The van der Waals surface area contributed by atoms with Crippen molar-refractivity contribution in [1.82, 2.24) is 9.29 Å². The van der Waals surface area contributed by atoms with Crippen molar-refractivity contribution in [2.75, 3.05) is 18.1 Å². The molecule has 122 valence electrons. The molecule has 0 saturated carbocycles. The van der Waals surface area contributed by atoms with Crippen molar-refractivity contribution in [3.8, 4) is 0 Å². The van der Waals surface area contributed by atoms with Gasteiger partial charge >= 0.3 is 0 Å². The van der Waals surface area contributed by atoms with Crippen molar-refractivity contribution >= 4 is 37.5 Å². The van der Waals surface area contributed by atoms with Crippen LogP contribution in [0.3, 0.4) is 0 Å². The van der Waals surface area contributed by atoms with Crippen LogP contribution in [0.25, 0.3) is 0 Å². The average molecular weight is 398 g/mol. The number of carbonyl (C=O) groups excluding carboxylic acids is 1. The van der Waals surface area contributed by atoms with E-state index in [4.69, 9.17) is 0 Å². The van der Waals surface area contributed by atoms with Crippen molar-refractivity contribution < 1.29 is 13.2 Å². The zero-order valence-corrected chi connectivity index (χ0v) is 14.8. The Bertz CT molecular complexity index is 782. The Labute approximate surface area is 143 Å². The molecule has 0 radical (unpaired) electrons. The number of nitrogens with zero attached hydrogens (tertiary/aromatic N) is 2. The van der Waals surface area contributed by atoms with Crippen LogP contribution in [0.2, 0.25) is 0 Å². The molecule has 23 heavy (non-hydrogen) atoms. The van der Waals surface area contributed by atoms with Crippen LogP contribution in [-0.4, -0.2) is 36.4 Å². The molecule has 0 saturated heterocycles. The van der Waals surface area contributed by atoms with Crippen LogP contribution in [0.4, 0.5) is 5.69 Å². The molecule has 0 aliphatic heterocycles. The molecule has 0 fully saturated rings. The van der Waals surface area contributed by atoms with E-state index in [1.165, 1.54) is 0 Å². The SMILES string of the molecule is CS(=O)(=O)N(CC(=O)Nc1ccccc1Br)Cc1ccccn1. The first-order valence-electron chi connectivity index (χ1n) is 6.75. The lowest BCUT2D eigenvalue weighted by molar-refractivity contribution is -0.116. The van der Waals surface area contributed by atoms with Crippen molar-refractivity contribution in [1.29, 1.82) is 0 Å². The minimum Gasteiger partial charge on any atom is -0.324 e. The Morgan fingerprint density at radius 1 is 1.22 bits per heavy atom. The van der Waals surface area contributed by atoms with Gasteiger partial charge in [-0.15, -0.1) is 0 Å². The van der Waals surface area contributed by atoms with Crippen molar-refractivity contribution in [3.05, 3.63) is 58.8 Å². The van der Waals surface area contributed by atoms with Crippen LogP contribution < -0.4 is 5.32 Å². The number of hydrogen-bond donors (Lipinski definition) is 1. The second-order valence-corrected chi connectivity index (χ2v) is 7.72. The summed E-state index contributed by atoms with van der Waals surface area (Å²) in [6, 6.07) is 12.3. The summed E-state index contributed by atoms with van der Waals surface area (Å²) in [7, 11) is -3.54. The number of benzene rings is 1. The fourth-order valence-electron chi connectivity index (χ4n) is 1.88. The standard InChI is InChI=1S/C15H16BrN3O3S/c1-23(21,22)19(10-12-6-4-5-9-17-12)11-15(20)18-14-8-3-2-7-13(14)16/h2-9H,10-11H2,1H3,(H,18,20). The molecule has 2 aromatic rings. The van der Waals surface area contributed by atoms with Crippen LogP contribution in [0.1, 0.15) is 5.69 Å². The Morgan fingerprint density at radius 2 is 1.91 bits per heavy atom. The highest BCUT2D eigenvalue weighted by molar-refractivity contribution is 9.10. The van der Waals surface area contributed by atoms with Gasteiger partial charge in [0.1, 0.15) is 0 Å². The maximum absolute atomic E-state index is 12.2. The first-order chi connectivity index (χ1) is 10.9. The second kappa shape index (κ2) is 7.67. The number of amides is 1. The normalized spacial score (nSPS) is 11.4. The van der Waals surface area contributed by atoms with E-state index in [0.717, 1.165) is 15.0 Å². The average Bonchev–Trinajstić information content (AvgIpc) is 2.49. The van der Waals surface area contributed by atoms with Gasteiger partial charge in [0.15, 0.2) is 0 Å². The number of hydrogen-bond acceptors (Lipinski definition) is 4. The lowest BCUT2D eigenvalue weighted by Crippen LogP contribution is -2.37. The van der Waals surface area contributed by atoms with Gasteiger partial charge in [-0.2, -0.15) is 4.31 Å². The van der Waals surface area contributed by atoms with Crippen LogP contribution in [0.15, 0.2) is 53.1 Å². The molecule has 0 atom stereocenters. The molecule has 1 amide bonds. The molecular weight excluding hydrogens is 382 g/mol. The number of rotatable bonds is 6. The van der Waals surface area contributed by atoms with Gasteiger partial charge in [0.05, 0.1) is 30.7 Å². The van der Waals surface area contributed by atoms with Crippen LogP contribution in [0, 0.1) is 0 Å². The first kappa shape index (κ1) is 17.6. The number of halogens is 1. The largest absolute Gasteiger partial charge is 0.324 e. The quantitative estimate of drug-likeness (QED) is 0.810. The molecule has 1 aromatic heterocycles. The van der Waals surface area contributed by atoms with Crippen molar-refractivity contribution in [3.63, 3.8) is 0 Å². The zero-order chi connectivity index (χ0) is 16.9. The molecule has 8 heteroatoms. The summed E-state index contributed by atoms with van der Waals surface area (Å²) < 4.78 is 25.6. The van der Waals surface area contributed by atoms with E-state index in [9.17, 15) is 13.2 Å². The second-order valence-electron chi connectivity index (χ2n) is 4.88. The summed E-state index contributed by atoms with van der Waals surface area (Å²) in [6.07, 6.45) is 2.65. The fourth-order valence-corrected chi connectivity index (χ4v) is 2.98. The number of sulfonamides is 1. The minimum atomic E-state index is -3.54. The summed E-state index contributed by atoms with van der Waals surface area (Å²) in [5.74, 6) is -0.418. The van der Waals surface area contributed by atoms with Gasteiger partial charge in [0.25, 0.3) is 0 Å². The summed E-state index contributed by atoms with van der Waals surface area (Å²) in [4.78, 5) is 16.2. The summed E-state index contributed by atoms with van der Waals surface area (Å²) in [5.41, 5.74) is 1.16. The molecule has 1 heterocycles. The lowest BCUT2D eigenvalue weighted by atomic mass is 10.3. The third kappa shape index (κ3) is 5.42. The molecule has 2 rings (SSSR count). The molecule has 0 aliphatic rings. The number of anilines is 1. The maximum atomic E-state index is 12.2. The van der Waals surface area contributed by atoms with Crippen molar-refractivity contribution in [2.45, 2.75) is 6.54 Å². The molecule has 1 aromatic carbocycles. The number of carbonyl (C=O) groups is 1. The Kier molecular flexibility index (Phi) is 5.86. The van der Waals surface area contributed by atoms with E-state index in [1.807, 2.05) is 6.07 Å². The van der Waals surface area contributed by atoms with E-state index in [-0.39, 0.29) is 13.1 Å². The highest BCUT2D eigenvalue weighted by atomic mass is 79.9. The summed E-state index contributed by atoms with van der Waals surface area (Å²) in [6.45, 7) is -0.236. The van der Waals surface area contributed by atoms with Crippen LogP contribution in [-0.2, 0) is 21.4 Å². The predicted octanol–water partition coefficient (Wildman–Crippen LogP) is 2.24. The van der Waals surface area contributed by atoms with Gasteiger partial charge < -0.3 is 5.32 Å². The summed E-state index contributed by atoms with van der Waals surface area (Å²) in [5, 5.41) is 2.69. The summed E-state index contributed by atoms with van der Waals surface area (Å²) >= 11 is 3.33. The van der Waals surface area contributed by atoms with Gasteiger partial charge in [-0.3, -0.25) is 9.78 Å². The minimum absolute atomic E-state index is 0.0447. The molecular formula is C15H16BrN3O3S. The van der Waals surface area contributed by atoms with E-state index in [2.05, 4.69) is 26.2 Å². The van der Waals surface area contributed by atoms with Crippen LogP contribution >= 0.6 is 15.9 Å². The molecule has 0 unspecified atom stereocenters. The van der Waals surface area contributed by atoms with Gasteiger partial charge in [0.2, 0.25) is 15.9 Å². The molecule has 0 bridgehead atoms. The molecule has 0 spiro atoms. The number of pyridine rings is 1. The van der Waals surface area contributed by atoms with Gasteiger partial charge in [-0.05, 0) is 40.2 Å². The van der Waals surface area contributed by atoms with Gasteiger partial charge in [-0.25, -0.2) is 8.42 Å². The Morgan fingerprint density at radius 3 is 2.52 bits per heavy atom. The molecule has 1 N–H and O–H groups in total. The third-order valence-electron chi connectivity index (χ3n) is 3.00. The third-order valence-corrected chi connectivity index (χ3v) is 4.89. The number of nitrogens with one attached hydrogen (secondary N) is 1.